The molecule has 2 fully saturated rings. The van der Waals surface area contributed by atoms with Gasteiger partial charge in [-0.25, -0.2) is 0 Å². The third-order valence-corrected chi connectivity index (χ3v) is 6.40. The van der Waals surface area contributed by atoms with E-state index in [1.54, 1.807) is 0 Å². The Morgan fingerprint density at radius 1 is 0.903 bits per heavy atom. The van der Waals surface area contributed by atoms with E-state index < -0.39 is 0 Å². The highest BCUT2D eigenvalue weighted by molar-refractivity contribution is 14.0. The van der Waals surface area contributed by atoms with Crippen LogP contribution in [0.2, 0.25) is 0 Å². The molecule has 0 aromatic heterocycles. The molecule has 1 amide bonds. The van der Waals surface area contributed by atoms with Gasteiger partial charge in [-0.05, 0) is 47.0 Å². The van der Waals surface area contributed by atoms with Gasteiger partial charge in [0.15, 0.2) is 5.96 Å². The summed E-state index contributed by atoms with van der Waals surface area (Å²) in [6, 6.07) is 1.16. The van der Waals surface area contributed by atoms with E-state index in [0.717, 1.165) is 77.6 Å². The first-order valence-corrected chi connectivity index (χ1v) is 12.1. The Kier molecular flexibility index (Phi) is 14.0. The number of rotatable bonds is 8. The lowest BCUT2D eigenvalue weighted by Crippen LogP contribution is -2.54. The summed E-state index contributed by atoms with van der Waals surface area (Å²) < 4.78 is 0. The lowest BCUT2D eigenvalue weighted by Gasteiger charge is -2.37. The largest absolute Gasteiger partial charge is 0.356 e. The van der Waals surface area contributed by atoms with Gasteiger partial charge in [-0.1, -0.05) is 12.8 Å². The molecule has 182 valence electrons. The number of nitrogens with zero attached hydrogens (tertiary/aromatic N) is 5. The van der Waals surface area contributed by atoms with Gasteiger partial charge in [0.2, 0.25) is 5.91 Å². The van der Waals surface area contributed by atoms with Gasteiger partial charge in [-0.15, -0.1) is 24.0 Å². The van der Waals surface area contributed by atoms with Crippen LogP contribution in [0.1, 0.15) is 59.8 Å². The lowest BCUT2D eigenvalue weighted by molar-refractivity contribution is -0.132. The summed E-state index contributed by atoms with van der Waals surface area (Å²) in [4.78, 5) is 26.4. The third-order valence-electron chi connectivity index (χ3n) is 6.40. The van der Waals surface area contributed by atoms with E-state index in [1.165, 1.54) is 12.8 Å². The topological polar surface area (TPSA) is 54.4 Å². The number of halogens is 1. The van der Waals surface area contributed by atoms with Crippen LogP contribution in [0.15, 0.2) is 4.99 Å². The Labute approximate surface area is 208 Å². The summed E-state index contributed by atoms with van der Waals surface area (Å²) in [5.74, 6) is 1.31. The molecule has 0 aromatic carbocycles. The van der Waals surface area contributed by atoms with Crippen LogP contribution < -0.4 is 5.32 Å². The first-order chi connectivity index (χ1) is 14.4. The second kappa shape index (κ2) is 15.3. The van der Waals surface area contributed by atoms with Crippen LogP contribution in [-0.4, -0.2) is 110 Å². The standard InChI is InChI=1S/C23H46N6O.HI/c1-20(2)29(21(3)4)14-10-11-25-23(24-5)28-17-15-26(16-18-28)19-22(30)27-12-8-6-7-9-13-27;/h20-21H,6-19H2,1-5H3,(H,24,25);1H. The Morgan fingerprint density at radius 3 is 2.00 bits per heavy atom. The van der Waals surface area contributed by atoms with Gasteiger partial charge in [-0.2, -0.15) is 0 Å². The smallest absolute Gasteiger partial charge is 0.236 e. The van der Waals surface area contributed by atoms with Crippen molar-refractivity contribution < 1.29 is 4.79 Å². The first-order valence-electron chi connectivity index (χ1n) is 12.1. The Morgan fingerprint density at radius 2 is 1.48 bits per heavy atom. The number of guanidine groups is 1. The molecular formula is C23H47IN6O. The number of amides is 1. The van der Waals surface area contributed by atoms with Gasteiger partial charge in [0.05, 0.1) is 6.54 Å². The van der Waals surface area contributed by atoms with E-state index in [4.69, 9.17) is 0 Å². The Hall–Kier alpha value is -0.610. The number of carbonyl (C=O) groups is 1. The van der Waals surface area contributed by atoms with Crippen molar-refractivity contribution in [3.63, 3.8) is 0 Å². The molecule has 2 heterocycles. The van der Waals surface area contributed by atoms with Crippen LogP contribution >= 0.6 is 24.0 Å². The molecule has 31 heavy (non-hydrogen) atoms. The van der Waals surface area contributed by atoms with Gasteiger partial charge in [-0.3, -0.25) is 19.6 Å². The quantitative estimate of drug-likeness (QED) is 0.218. The van der Waals surface area contributed by atoms with Crippen molar-refractivity contribution in [2.75, 3.05) is 66.0 Å². The maximum atomic E-state index is 12.6. The van der Waals surface area contributed by atoms with Crippen LogP contribution in [0.3, 0.4) is 0 Å². The zero-order chi connectivity index (χ0) is 21.9. The van der Waals surface area contributed by atoms with Crippen LogP contribution in [0, 0.1) is 0 Å². The highest BCUT2D eigenvalue weighted by Gasteiger charge is 2.23. The molecule has 2 aliphatic rings. The van der Waals surface area contributed by atoms with E-state index in [0.29, 0.717) is 24.5 Å². The molecule has 1 N–H and O–H groups in total. The average molecular weight is 551 g/mol. The fourth-order valence-corrected chi connectivity index (χ4v) is 4.64. The molecular weight excluding hydrogens is 503 g/mol. The molecule has 2 saturated heterocycles. The summed E-state index contributed by atoms with van der Waals surface area (Å²) in [5.41, 5.74) is 0. The third kappa shape index (κ3) is 9.82. The van der Waals surface area contributed by atoms with E-state index in [9.17, 15) is 4.79 Å². The number of likely N-dealkylation sites (tertiary alicyclic amines) is 1. The number of hydrogen-bond donors (Lipinski definition) is 1. The first kappa shape index (κ1) is 28.4. The van der Waals surface area contributed by atoms with Crippen LogP contribution in [0.4, 0.5) is 0 Å². The molecule has 8 heteroatoms. The van der Waals surface area contributed by atoms with Crippen molar-refractivity contribution in [3.05, 3.63) is 0 Å². The molecule has 0 aliphatic carbocycles. The molecule has 0 saturated carbocycles. The van der Waals surface area contributed by atoms with Gasteiger partial charge in [0.25, 0.3) is 0 Å². The van der Waals surface area contributed by atoms with Crippen molar-refractivity contribution in [2.45, 2.75) is 71.9 Å². The van der Waals surface area contributed by atoms with Crippen molar-refractivity contribution in [3.8, 4) is 0 Å². The SMILES string of the molecule is CN=C(NCCCN(C(C)C)C(C)C)N1CCN(CC(=O)N2CCCCCC2)CC1.I. The molecule has 2 aliphatic heterocycles. The predicted octanol–water partition coefficient (Wildman–Crippen LogP) is 2.71. The number of hydrogen-bond acceptors (Lipinski definition) is 4. The van der Waals surface area contributed by atoms with E-state index in [-0.39, 0.29) is 24.0 Å². The van der Waals surface area contributed by atoms with Crippen molar-refractivity contribution in [1.29, 1.82) is 0 Å². The minimum Gasteiger partial charge on any atom is -0.356 e. The van der Waals surface area contributed by atoms with Crippen LogP contribution in [0.25, 0.3) is 0 Å². The van der Waals surface area contributed by atoms with E-state index in [2.05, 4.69) is 57.6 Å². The van der Waals surface area contributed by atoms with Crippen molar-refractivity contribution in [2.24, 2.45) is 4.99 Å². The normalized spacial score (nSPS) is 19.0. The van der Waals surface area contributed by atoms with E-state index >= 15 is 0 Å². The second-order valence-electron chi connectivity index (χ2n) is 9.31. The van der Waals surface area contributed by atoms with Crippen molar-refractivity contribution in [1.82, 2.24) is 24.9 Å². The Bertz CT molecular complexity index is 518. The molecule has 0 bridgehead atoms. The van der Waals surface area contributed by atoms with Gasteiger partial charge in [0, 0.05) is 71.5 Å². The molecule has 0 spiro atoms. The molecule has 0 aromatic rings. The average Bonchev–Trinajstić information content (AvgIpc) is 3.00. The molecule has 2 rings (SSSR count). The molecule has 0 atom stereocenters. The van der Waals surface area contributed by atoms with Crippen molar-refractivity contribution >= 4 is 35.8 Å². The highest BCUT2D eigenvalue weighted by Crippen LogP contribution is 2.11. The number of piperazine rings is 1. The summed E-state index contributed by atoms with van der Waals surface area (Å²) in [5, 5.41) is 3.54. The van der Waals surface area contributed by atoms with Gasteiger partial charge >= 0.3 is 0 Å². The molecule has 7 nitrogen and oxygen atoms in total. The summed E-state index contributed by atoms with van der Waals surface area (Å²) in [6.07, 6.45) is 5.96. The monoisotopic (exact) mass is 550 g/mol. The summed E-state index contributed by atoms with van der Waals surface area (Å²) >= 11 is 0. The zero-order valence-electron chi connectivity index (χ0n) is 20.6. The number of aliphatic imine (C=N–C) groups is 1. The maximum absolute atomic E-state index is 12.6. The van der Waals surface area contributed by atoms with Crippen LogP contribution in [-0.2, 0) is 4.79 Å². The van der Waals surface area contributed by atoms with E-state index in [1.807, 2.05) is 7.05 Å². The molecule has 0 radical (unpaired) electrons. The minimum absolute atomic E-state index is 0. The second-order valence-corrected chi connectivity index (χ2v) is 9.31. The predicted molar refractivity (Wildman–Crippen MR) is 141 cm³/mol. The number of carbonyl (C=O) groups excluding carboxylic acids is 1. The lowest BCUT2D eigenvalue weighted by atomic mass is 10.2. The summed E-state index contributed by atoms with van der Waals surface area (Å²) in [7, 11) is 1.87. The number of nitrogens with one attached hydrogen (secondary N) is 1. The molecule has 0 unspecified atom stereocenters. The van der Waals surface area contributed by atoms with Gasteiger partial charge in [0.1, 0.15) is 0 Å². The fraction of sp³-hybridized carbons (Fsp3) is 0.913. The Balaban J connectivity index is 0.00000480. The fourth-order valence-electron chi connectivity index (χ4n) is 4.64. The summed E-state index contributed by atoms with van der Waals surface area (Å²) in [6.45, 7) is 17.3. The zero-order valence-corrected chi connectivity index (χ0v) is 22.9. The van der Waals surface area contributed by atoms with Crippen LogP contribution in [0.5, 0.6) is 0 Å². The maximum Gasteiger partial charge on any atom is 0.236 e. The van der Waals surface area contributed by atoms with Gasteiger partial charge < -0.3 is 15.1 Å². The minimum atomic E-state index is 0. The highest BCUT2D eigenvalue weighted by atomic mass is 127.